The Morgan fingerprint density at radius 3 is 2.32 bits per heavy atom. The molecule has 1 heterocycles. The number of Topliss-reactive ketones (excluding diaryl/α,β-unsaturated/α-hetero) is 1. The van der Waals surface area contributed by atoms with Crippen molar-refractivity contribution in [2.75, 3.05) is 0 Å². The fourth-order valence-electron chi connectivity index (χ4n) is 2.74. The lowest BCUT2D eigenvalue weighted by Gasteiger charge is -2.25. The summed E-state index contributed by atoms with van der Waals surface area (Å²) in [5.41, 5.74) is -0.0726. The Morgan fingerprint density at radius 2 is 1.79 bits per heavy atom. The number of ether oxygens (including phenoxy) is 1. The molecule has 0 radical (unpaired) electrons. The molecule has 1 N–H and O–H groups in total. The number of carbonyl (C=O) groups excluding carboxylic acids is 2. The fourth-order valence-corrected chi connectivity index (χ4v) is 2.96. The summed E-state index contributed by atoms with van der Waals surface area (Å²) in [6.45, 7) is 4.65. The van der Waals surface area contributed by atoms with Crippen LogP contribution in [0.4, 0.5) is 0 Å². The zero-order chi connectivity index (χ0) is 20.9. The highest BCUT2D eigenvalue weighted by molar-refractivity contribution is 6.33. The molecular weight excluding hydrogens is 384 g/mol. The van der Waals surface area contributed by atoms with E-state index < -0.39 is 29.1 Å². The lowest BCUT2D eigenvalue weighted by Crippen LogP contribution is -2.30. The van der Waals surface area contributed by atoms with Gasteiger partial charge < -0.3 is 9.84 Å². The number of halogens is 1. The van der Waals surface area contributed by atoms with Gasteiger partial charge in [0.1, 0.15) is 11.7 Å². The number of rotatable bonds is 8. The number of hydrogen-bond acceptors (Lipinski definition) is 6. The Kier molecular flexibility index (Phi) is 6.85. The number of nitrogens with zero attached hydrogens (tertiary/aromatic N) is 2. The van der Waals surface area contributed by atoms with Crippen molar-refractivity contribution in [2.45, 2.75) is 33.6 Å². The molecule has 0 spiro atoms. The molecule has 0 saturated carbocycles. The lowest BCUT2D eigenvalue weighted by molar-refractivity contribution is -0.148. The minimum absolute atomic E-state index is 0.0364. The van der Waals surface area contributed by atoms with Crippen LogP contribution in [-0.4, -0.2) is 32.8 Å². The minimum atomic E-state index is -1.20. The summed E-state index contributed by atoms with van der Waals surface area (Å²) in [5.74, 6) is -2.79. The van der Waals surface area contributed by atoms with Gasteiger partial charge in [0, 0.05) is 5.56 Å². The minimum Gasteiger partial charge on any atom is -0.481 e. The summed E-state index contributed by atoms with van der Waals surface area (Å²) in [4.78, 5) is 43.2. The predicted octanol–water partition coefficient (Wildman–Crippen LogP) is 3.80. The smallest absolute Gasteiger partial charge is 0.314 e. The Labute approximate surface area is 167 Å². The van der Waals surface area contributed by atoms with Crippen LogP contribution in [0.25, 0.3) is 11.4 Å². The zero-order valence-electron chi connectivity index (χ0n) is 15.8. The molecular formula is C20H21ClN2O5. The lowest BCUT2D eigenvalue weighted by atomic mass is 9.79. The third-order valence-electron chi connectivity index (χ3n) is 4.14. The van der Waals surface area contributed by atoms with Crippen LogP contribution in [0.1, 0.15) is 33.6 Å². The van der Waals surface area contributed by atoms with Gasteiger partial charge in [0.05, 0.1) is 23.8 Å². The first kappa shape index (κ1) is 21.5. The van der Waals surface area contributed by atoms with Gasteiger partial charge >= 0.3 is 11.9 Å². The van der Waals surface area contributed by atoms with Gasteiger partial charge in [-0.1, -0.05) is 37.6 Å². The zero-order valence-corrected chi connectivity index (χ0v) is 16.6. The third kappa shape index (κ3) is 5.85. The molecule has 7 nitrogen and oxygen atoms in total. The number of hydrogen-bond donors (Lipinski definition) is 1. The maximum absolute atomic E-state index is 12.2. The van der Waals surface area contributed by atoms with E-state index in [2.05, 4.69) is 9.97 Å². The van der Waals surface area contributed by atoms with Crippen molar-refractivity contribution in [3.63, 3.8) is 0 Å². The van der Waals surface area contributed by atoms with Crippen LogP contribution >= 0.6 is 11.6 Å². The van der Waals surface area contributed by atoms with E-state index >= 15 is 0 Å². The van der Waals surface area contributed by atoms with Crippen molar-refractivity contribution < 1.29 is 24.2 Å². The first-order valence-electron chi connectivity index (χ1n) is 8.60. The van der Waals surface area contributed by atoms with Crippen molar-refractivity contribution in [1.29, 1.82) is 0 Å². The van der Waals surface area contributed by atoms with Gasteiger partial charge in [-0.05, 0) is 30.9 Å². The van der Waals surface area contributed by atoms with Crippen LogP contribution in [0, 0.1) is 11.3 Å². The van der Waals surface area contributed by atoms with Gasteiger partial charge in [-0.25, -0.2) is 9.97 Å². The van der Waals surface area contributed by atoms with Gasteiger partial charge in [-0.3, -0.25) is 14.4 Å². The largest absolute Gasteiger partial charge is 0.481 e. The Morgan fingerprint density at radius 1 is 1.18 bits per heavy atom. The van der Waals surface area contributed by atoms with Gasteiger partial charge in [-0.15, -0.1) is 0 Å². The van der Waals surface area contributed by atoms with Gasteiger partial charge in [0.2, 0.25) is 0 Å². The van der Waals surface area contributed by atoms with E-state index in [1.165, 1.54) is 19.3 Å². The van der Waals surface area contributed by atoms with E-state index in [-0.39, 0.29) is 18.6 Å². The van der Waals surface area contributed by atoms with Gasteiger partial charge in [-0.2, -0.15) is 0 Å². The molecule has 1 unspecified atom stereocenters. The number of benzene rings is 1. The molecule has 0 aliphatic rings. The second-order valence-corrected chi connectivity index (χ2v) is 7.65. The molecule has 0 aliphatic heterocycles. The molecule has 148 valence electrons. The predicted molar refractivity (Wildman–Crippen MR) is 103 cm³/mol. The Bertz CT molecular complexity index is 866. The second kappa shape index (κ2) is 8.93. The van der Waals surface area contributed by atoms with Crippen molar-refractivity contribution in [3.05, 3.63) is 41.7 Å². The van der Waals surface area contributed by atoms with Crippen LogP contribution in [0.2, 0.25) is 5.02 Å². The topological polar surface area (TPSA) is 106 Å². The fraction of sp³-hybridized carbons (Fsp3) is 0.350. The maximum Gasteiger partial charge on any atom is 0.314 e. The average Bonchev–Trinajstić information content (AvgIpc) is 2.60. The summed E-state index contributed by atoms with van der Waals surface area (Å²) >= 11 is 6.11. The number of carboxylic acids is 1. The Balaban J connectivity index is 2.01. The van der Waals surface area contributed by atoms with E-state index in [0.717, 1.165) is 0 Å². The number of ketones is 1. The highest BCUT2D eigenvalue weighted by Gasteiger charge is 2.33. The van der Waals surface area contributed by atoms with E-state index in [1.54, 1.807) is 32.0 Å². The van der Waals surface area contributed by atoms with Crippen LogP contribution in [0.15, 0.2) is 36.7 Å². The number of carbonyl (C=O) groups is 3. The summed E-state index contributed by atoms with van der Waals surface area (Å²) in [6, 6.07) is 7.11. The molecule has 0 amide bonds. The SMILES string of the molecule is CC(=O)C(CC(C)(C)CC(=O)Oc1cnc(-c2ccccc2Cl)nc1)C(=O)O. The van der Waals surface area contributed by atoms with E-state index in [0.29, 0.717) is 16.4 Å². The summed E-state index contributed by atoms with van der Waals surface area (Å²) in [7, 11) is 0. The number of aliphatic carboxylic acids is 1. The highest BCUT2D eigenvalue weighted by Crippen LogP contribution is 2.31. The summed E-state index contributed by atoms with van der Waals surface area (Å²) < 4.78 is 5.24. The molecule has 0 aliphatic carbocycles. The third-order valence-corrected chi connectivity index (χ3v) is 4.47. The molecule has 0 fully saturated rings. The molecule has 0 saturated heterocycles. The number of aromatic nitrogens is 2. The van der Waals surface area contributed by atoms with Crippen molar-refractivity contribution >= 4 is 29.3 Å². The molecule has 1 aromatic carbocycles. The molecule has 2 rings (SSSR count). The molecule has 8 heteroatoms. The Hall–Kier alpha value is -2.80. The number of carboxylic acid groups (broad SMARTS) is 1. The van der Waals surface area contributed by atoms with Crippen LogP contribution in [-0.2, 0) is 14.4 Å². The summed E-state index contributed by atoms with van der Waals surface area (Å²) in [5, 5.41) is 9.66. The molecule has 1 aromatic heterocycles. The molecule has 0 bridgehead atoms. The van der Waals surface area contributed by atoms with Crippen LogP contribution in [0.3, 0.4) is 0 Å². The first-order valence-corrected chi connectivity index (χ1v) is 8.98. The van der Waals surface area contributed by atoms with Gasteiger partial charge in [0.25, 0.3) is 0 Å². The van der Waals surface area contributed by atoms with Gasteiger partial charge in [0.15, 0.2) is 11.6 Å². The molecule has 28 heavy (non-hydrogen) atoms. The van der Waals surface area contributed by atoms with Crippen molar-refractivity contribution in [3.8, 4) is 17.1 Å². The molecule has 2 aromatic rings. The summed E-state index contributed by atoms with van der Waals surface area (Å²) in [6.07, 6.45) is 2.71. The monoisotopic (exact) mass is 404 g/mol. The standard InChI is InChI=1S/C20H21ClN2O5/c1-12(24)15(19(26)27)8-20(2,3)9-17(25)28-13-10-22-18(23-11-13)14-6-4-5-7-16(14)21/h4-7,10-11,15H,8-9H2,1-3H3,(H,26,27). The number of esters is 1. The van der Waals surface area contributed by atoms with E-state index in [9.17, 15) is 14.4 Å². The van der Waals surface area contributed by atoms with Crippen LogP contribution < -0.4 is 4.74 Å². The van der Waals surface area contributed by atoms with E-state index in [4.69, 9.17) is 21.4 Å². The van der Waals surface area contributed by atoms with Crippen molar-refractivity contribution in [1.82, 2.24) is 9.97 Å². The highest BCUT2D eigenvalue weighted by atomic mass is 35.5. The maximum atomic E-state index is 12.2. The normalized spacial score (nSPS) is 12.3. The van der Waals surface area contributed by atoms with Crippen LogP contribution in [0.5, 0.6) is 5.75 Å². The van der Waals surface area contributed by atoms with Crippen molar-refractivity contribution in [2.24, 2.45) is 11.3 Å². The quantitative estimate of drug-likeness (QED) is 0.526. The second-order valence-electron chi connectivity index (χ2n) is 7.24. The van der Waals surface area contributed by atoms with E-state index in [1.807, 2.05) is 6.07 Å². The molecule has 1 atom stereocenters. The average molecular weight is 405 g/mol. The first-order chi connectivity index (χ1) is 13.1.